The number of hydrogen-bond donors (Lipinski definition) is 2. The van der Waals surface area contributed by atoms with Crippen LogP contribution in [0.2, 0.25) is 0 Å². The zero-order chi connectivity index (χ0) is 13.4. The van der Waals surface area contributed by atoms with E-state index >= 15 is 0 Å². The molecule has 0 aliphatic carbocycles. The van der Waals surface area contributed by atoms with E-state index in [-0.39, 0.29) is 0 Å². The molecule has 0 saturated heterocycles. The summed E-state index contributed by atoms with van der Waals surface area (Å²) in [5.74, 6) is 4.79. The van der Waals surface area contributed by atoms with Crippen molar-refractivity contribution in [3.8, 4) is 12.3 Å². The van der Waals surface area contributed by atoms with Crippen LogP contribution < -0.4 is 10.6 Å². The first-order valence-electron chi connectivity index (χ1n) is 5.60. The third-order valence-corrected chi connectivity index (χ3v) is 2.33. The van der Waals surface area contributed by atoms with E-state index in [1.807, 2.05) is 18.5 Å². The van der Waals surface area contributed by atoms with Crippen LogP contribution >= 0.6 is 0 Å². The molecule has 96 valence electrons. The van der Waals surface area contributed by atoms with Crippen LogP contribution in [0.1, 0.15) is 11.6 Å². The summed E-state index contributed by atoms with van der Waals surface area (Å²) < 4.78 is 1.90. The summed E-state index contributed by atoms with van der Waals surface area (Å²) in [5, 5.41) is 14.1. The Morgan fingerprint density at radius 3 is 2.89 bits per heavy atom. The van der Waals surface area contributed by atoms with Gasteiger partial charge in [-0.05, 0) is 6.92 Å². The number of guanidine groups is 1. The Balaban J connectivity index is 2.66. The van der Waals surface area contributed by atoms with E-state index in [0.29, 0.717) is 25.6 Å². The lowest BCUT2D eigenvalue weighted by molar-refractivity contribution is 0.765. The maximum atomic E-state index is 5.20. The van der Waals surface area contributed by atoms with Gasteiger partial charge >= 0.3 is 0 Å². The molecule has 6 nitrogen and oxygen atoms in total. The van der Waals surface area contributed by atoms with Gasteiger partial charge in [0.15, 0.2) is 11.8 Å². The summed E-state index contributed by atoms with van der Waals surface area (Å²) >= 11 is 0. The normalized spacial score (nSPS) is 10.8. The van der Waals surface area contributed by atoms with Gasteiger partial charge in [0, 0.05) is 13.6 Å². The quantitative estimate of drug-likeness (QED) is 0.331. The minimum Gasteiger partial charge on any atom is -0.353 e. The fourth-order valence-electron chi connectivity index (χ4n) is 1.22. The lowest BCUT2D eigenvalue weighted by atomic mass is 10.5. The monoisotopic (exact) mass is 246 g/mol. The highest BCUT2D eigenvalue weighted by molar-refractivity contribution is 5.80. The van der Waals surface area contributed by atoms with E-state index in [4.69, 9.17) is 6.42 Å². The molecule has 0 bridgehead atoms. The predicted octanol–water partition coefficient (Wildman–Crippen LogP) is -0.0221. The highest BCUT2D eigenvalue weighted by Gasteiger charge is 2.04. The summed E-state index contributed by atoms with van der Waals surface area (Å²) in [7, 11) is 1.91. The lowest BCUT2D eigenvalue weighted by Gasteiger charge is -2.08. The second-order valence-electron chi connectivity index (χ2n) is 3.61. The molecular weight excluding hydrogens is 228 g/mol. The number of terminal acetylenes is 1. The Morgan fingerprint density at radius 2 is 2.33 bits per heavy atom. The van der Waals surface area contributed by atoms with E-state index in [0.717, 1.165) is 11.6 Å². The molecule has 0 atom stereocenters. The van der Waals surface area contributed by atoms with Gasteiger partial charge in [0.25, 0.3) is 0 Å². The average molecular weight is 246 g/mol. The number of aryl methyl sites for hydroxylation is 1. The fraction of sp³-hybridized carbons (Fsp3) is 0.417. The molecule has 1 rings (SSSR count). The second-order valence-corrected chi connectivity index (χ2v) is 3.61. The smallest absolute Gasteiger partial charge is 0.192 e. The summed E-state index contributed by atoms with van der Waals surface area (Å²) in [5.41, 5.74) is 0. The Kier molecular flexibility index (Phi) is 5.45. The largest absolute Gasteiger partial charge is 0.353 e. The first kappa shape index (κ1) is 13.8. The molecule has 0 spiro atoms. The third-order valence-electron chi connectivity index (χ3n) is 2.33. The molecule has 0 aliphatic heterocycles. The lowest BCUT2D eigenvalue weighted by Crippen LogP contribution is -2.37. The molecular formula is C12H18N6. The van der Waals surface area contributed by atoms with Crippen molar-refractivity contribution in [2.75, 3.05) is 13.1 Å². The van der Waals surface area contributed by atoms with Crippen LogP contribution in [0.15, 0.2) is 17.6 Å². The molecule has 0 unspecified atom stereocenters. The Hall–Kier alpha value is -2.29. The first-order valence-corrected chi connectivity index (χ1v) is 5.60. The van der Waals surface area contributed by atoms with Gasteiger partial charge in [-0.25, -0.2) is 4.99 Å². The summed E-state index contributed by atoms with van der Waals surface area (Å²) in [4.78, 5) is 4.37. The first-order chi connectivity index (χ1) is 8.69. The van der Waals surface area contributed by atoms with Crippen molar-refractivity contribution < 1.29 is 0 Å². The molecule has 18 heavy (non-hydrogen) atoms. The van der Waals surface area contributed by atoms with Gasteiger partial charge in [0.05, 0.1) is 6.54 Å². The van der Waals surface area contributed by atoms with Gasteiger partial charge in [0.1, 0.15) is 12.4 Å². The van der Waals surface area contributed by atoms with Crippen molar-refractivity contribution in [3.63, 3.8) is 0 Å². The average Bonchev–Trinajstić information content (AvgIpc) is 2.69. The van der Waals surface area contributed by atoms with Crippen LogP contribution in [-0.2, 0) is 13.6 Å². The van der Waals surface area contributed by atoms with E-state index in [9.17, 15) is 0 Å². The number of nitrogens with one attached hydrogen (secondary N) is 2. The highest BCUT2D eigenvalue weighted by atomic mass is 15.3. The van der Waals surface area contributed by atoms with E-state index in [2.05, 4.69) is 38.3 Å². The zero-order valence-electron chi connectivity index (χ0n) is 10.8. The highest BCUT2D eigenvalue weighted by Crippen LogP contribution is 1.98. The Bertz CT molecular complexity index is 465. The molecule has 0 fully saturated rings. The summed E-state index contributed by atoms with van der Waals surface area (Å²) in [6.45, 7) is 7.01. The van der Waals surface area contributed by atoms with Crippen LogP contribution in [0.4, 0.5) is 0 Å². The number of aromatic nitrogens is 3. The molecule has 0 aliphatic rings. The second kappa shape index (κ2) is 7.12. The standard InChI is InChI=1S/C12H18N6/c1-5-7-13-12(14-8-6-2)15-9-11-17-16-10(3)18(11)4/h1,6H,2,7-9H2,3-4H3,(H2,13,14,15). The maximum absolute atomic E-state index is 5.20. The summed E-state index contributed by atoms with van der Waals surface area (Å²) in [6, 6.07) is 0. The van der Waals surface area contributed by atoms with Crippen molar-refractivity contribution in [1.82, 2.24) is 25.4 Å². The number of rotatable bonds is 5. The molecule has 0 radical (unpaired) electrons. The molecule has 0 aromatic carbocycles. The van der Waals surface area contributed by atoms with Gasteiger partial charge in [-0.2, -0.15) is 0 Å². The third kappa shape index (κ3) is 3.94. The van der Waals surface area contributed by atoms with Crippen molar-refractivity contribution in [2.24, 2.45) is 12.0 Å². The van der Waals surface area contributed by atoms with Crippen molar-refractivity contribution in [1.29, 1.82) is 0 Å². The number of aliphatic imine (C=N–C) groups is 1. The Morgan fingerprint density at radius 1 is 1.56 bits per heavy atom. The van der Waals surface area contributed by atoms with Gasteiger partial charge in [-0.15, -0.1) is 23.2 Å². The SMILES string of the molecule is C#CCNC(=NCc1nnc(C)n1C)NCC=C. The molecule has 2 N–H and O–H groups in total. The topological polar surface area (TPSA) is 67.1 Å². The number of nitrogens with zero attached hydrogens (tertiary/aromatic N) is 4. The fourth-order valence-corrected chi connectivity index (χ4v) is 1.22. The van der Waals surface area contributed by atoms with E-state index in [1.165, 1.54) is 0 Å². The van der Waals surface area contributed by atoms with Crippen molar-refractivity contribution in [2.45, 2.75) is 13.5 Å². The molecule has 0 amide bonds. The van der Waals surface area contributed by atoms with E-state index in [1.54, 1.807) is 6.08 Å². The predicted molar refractivity (Wildman–Crippen MR) is 71.9 cm³/mol. The molecule has 1 aromatic heterocycles. The summed E-state index contributed by atoms with van der Waals surface area (Å²) in [6.07, 6.45) is 6.95. The Labute approximate surface area is 107 Å². The van der Waals surface area contributed by atoms with Crippen LogP contribution in [0, 0.1) is 19.3 Å². The molecule has 6 heteroatoms. The zero-order valence-corrected chi connectivity index (χ0v) is 10.8. The minimum atomic E-state index is 0.417. The molecule has 1 aromatic rings. The molecule has 1 heterocycles. The van der Waals surface area contributed by atoms with Crippen LogP contribution in [0.25, 0.3) is 0 Å². The molecule has 0 saturated carbocycles. The van der Waals surface area contributed by atoms with Gasteiger partial charge in [-0.3, -0.25) is 0 Å². The van der Waals surface area contributed by atoms with Crippen molar-refractivity contribution >= 4 is 5.96 Å². The van der Waals surface area contributed by atoms with Gasteiger partial charge in [-0.1, -0.05) is 12.0 Å². The van der Waals surface area contributed by atoms with Crippen molar-refractivity contribution in [3.05, 3.63) is 24.3 Å². The number of hydrogen-bond acceptors (Lipinski definition) is 3. The van der Waals surface area contributed by atoms with Gasteiger partial charge in [0.2, 0.25) is 0 Å². The minimum absolute atomic E-state index is 0.417. The van der Waals surface area contributed by atoms with Crippen LogP contribution in [0.3, 0.4) is 0 Å². The van der Waals surface area contributed by atoms with Crippen LogP contribution in [-0.4, -0.2) is 33.8 Å². The van der Waals surface area contributed by atoms with Crippen LogP contribution in [0.5, 0.6) is 0 Å². The maximum Gasteiger partial charge on any atom is 0.192 e. The van der Waals surface area contributed by atoms with E-state index < -0.39 is 0 Å². The van der Waals surface area contributed by atoms with Gasteiger partial charge < -0.3 is 15.2 Å².